The highest BCUT2D eigenvalue weighted by Gasteiger charge is 2.02. The molecule has 0 aromatic heterocycles. The van der Waals surface area contributed by atoms with E-state index in [0.717, 1.165) is 5.56 Å². The molecular weight excluding hydrogens is 200 g/mol. The molecule has 1 rings (SSSR count). The molecule has 1 aromatic rings. The van der Waals surface area contributed by atoms with Crippen molar-refractivity contribution in [1.29, 1.82) is 0 Å². The lowest BCUT2D eigenvalue weighted by Crippen LogP contribution is -1.96. The summed E-state index contributed by atoms with van der Waals surface area (Å²) in [4.78, 5) is 0. The monoisotopic (exact) mass is 216 g/mol. The van der Waals surface area contributed by atoms with E-state index >= 15 is 0 Å². The molecule has 0 radical (unpaired) electrons. The first kappa shape index (κ1) is 12.1. The largest absolute Gasteiger partial charge is 0.504 e. The van der Waals surface area contributed by atoms with Gasteiger partial charge < -0.3 is 9.84 Å². The van der Waals surface area contributed by atoms with Gasteiger partial charge >= 0.3 is 0 Å². The van der Waals surface area contributed by atoms with E-state index in [2.05, 4.69) is 6.58 Å². The zero-order valence-electron chi connectivity index (χ0n) is 9.39. The molecule has 1 N–H and O–H groups in total. The average Bonchev–Trinajstić information content (AvgIpc) is 2.31. The van der Waals surface area contributed by atoms with Gasteiger partial charge in [0.15, 0.2) is 11.5 Å². The molecule has 2 heteroatoms. The van der Waals surface area contributed by atoms with E-state index in [1.165, 1.54) is 12.2 Å². The molecule has 0 aliphatic carbocycles. The van der Waals surface area contributed by atoms with Crippen molar-refractivity contribution in [2.24, 2.45) is 0 Å². The molecule has 0 aliphatic rings. The number of benzene rings is 1. The third-order valence-corrected chi connectivity index (χ3v) is 2.03. The van der Waals surface area contributed by atoms with E-state index in [-0.39, 0.29) is 5.76 Å². The van der Waals surface area contributed by atoms with Crippen LogP contribution in [0.3, 0.4) is 0 Å². The minimum atomic E-state index is 0.0911. The Labute approximate surface area is 96.2 Å². The quantitative estimate of drug-likeness (QED) is 0.600. The summed E-state index contributed by atoms with van der Waals surface area (Å²) in [5, 5.41) is 9.58. The maximum atomic E-state index is 9.58. The van der Waals surface area contributed by atoms with Gasteiger partial charge in [-0.1, -0.05) is 43.0 Å². The van der Waals surface area contributed by atoms with Gasteiger partial charge in [-0.3, -0.25) is 0 Å². The Morgan fingerprint density at radius 1 is 1.38 bits per heavy atom. The molecule has 1 aromatic carbocycles. The Bertz CT molecular complexity index is 388. The fraction of sp³-hybridized carbons (Fsp3) is 0.143. The van der Waals surface area contributed by atoms with E-state index in [4.69, 9.17) is 4.74 Å². The van der Waals surface area contributed by atoms with Gasteiger partial charge in [-0.05, 0) is 24.6 Å². The fourth-order valence-electron chi connectivity index (χ4n) is 1.23. The molecule has 0 unspecified atom stereocenters. The van der Waals surface area contributed by atoms with Crippen molar-refractivity contribution >= 4 is 0 Å². The normalized spacial score (nSPS) is 12.3. The Hall–Kier alpha value is -1.96. The van der Waals surface area contributed by atoms with Crippen molar-refractivity contribution < 1.29 is 9.84 Å². The van der Waals surface area contributed by atoms with Crippen molar-refractivity contribution in [3.8, 4) is 0 Å². The van der Waals surface area contributed by atoms with Crippen LogP contribution in [0, 0.1) is 0 Å². The van der Waals surface area contributed by atoms with Gasteiger partial charge in [0.1, 0.15) is 6.61 Å². The number of aliphatic hydroxyl groups excluding tert-OH is 1. The van der Waals surface area contributed by atoms with Crippen LogP contribution >= 0.6 is 0 Å². The molecule has 0 saturated heterocycles. The maximum Gasteiger partial charge on any atom is 0.157 e. The number of hydrogen-bond acceptors (Lipinski definition) is 2. The van der Waals surface area contributed by atoms with Crippen molar-refractivity contribution in [3.63, 3.8) is 0 Å². The Morgan fingerprint density at radius 2 is 2.06 bits per heavy atom. The third kappa shape index (κ3) is 3.65. The van der Waals surface area contributed by atoms with Gasteiger partial charge in [0.25, 0.3) is 0 Å². The summed E-state index contributed by atoms with van der Waals surface area (Å²) in [6, 6.07) is 9.80. The molecular formula is C14H16O2. The molecule has 0 fully saturated rings. The van der Waals surface area contributed by atoms with Gasteiger partial charge in [0.2, 0.25) is 0 Å². The van der Waals surface area contributed by atoms with Crippen LogP contribution in [-0.2, 0) is 11.3 Å². The second-order valence-corrected chi connectivity index (χ2v) is 3.21. The summed E-state index contributed by atoms with van der Waals surface area (Å²) in [5.74, 6) is 0.553. The molecule has 0 aliphatic heterocycles. The summed E-state index contributed by atoms with van der Waals surface area (Å²) in [5.41, 5.74) is 1.06. The van der Waals surface area contributed by atoms with E-state index in [0.29, 0.717) is 12.4 Å². The zero-order valence-corrected chi connectivity index (χ0v) is 9.39. The Balaban J connectivity index is 2.60. The standard InChI is InChI=1S/C14H16O2/c1-3-8-13(15)14(4-2)16-11-12-9-6-5-7-10-12/h3-10,15H,1,11H2,2H3/b13-8+,14-4+. The zero-order chi connectivity index (χ0) is 11.8. The SMILES string of the molecule is C=C/C=C(O)\C(=C/C)OCc1ccccc1. The lowest BCUT2D eigenvalue weighted by atomic mass is 10.2. The number of aliphatic hydroxyl groups is 1. The van der Waals surface area contributed by atoms with Gasteiger partial charge in [-0.25, -0.2) is 0 Å². The molecule has 0 amide bonds. The van der Waals surface area contributed by atoms with Crippen LogP contribution in [0.5, 0.6) is 0 Å². The molecule has 16 heavy (non-hydrogen) atoms. The topological polar surface area (TPSA) is 29.5 Å². The van der Waals surface area contributed by atoms with Crippen LogP contribution in [-0.4, -0.2) is 5.11 Å². The molecule has 84 valence electrons. The molecule has 2 nitrogen and oxygen atoms in total. The van der Waals surface area contributed by atoms with Crippen molar-refractivity contribution in [2.75, 3.05) is 0 Å². The second-order valence-electron chi connectivity index (χ2n) is 3.21. The summed E-state index contributed by atoms with van der Waals surface area (Å²) in [6.45, 7) is 5.77. The van der Waals surface area contributed by atoms with E-state index in [1.807, 2.05) is 37.3 Å². The maximum absolute atomic E-state index is 9.58. The Kier molecular flexibility index (Phi) is 4.93. The van der Waals surface area contributed by atoms with Crippen molar-refractivity contribution in [1.82, 2.24) is 0 Å². The fourth-order valence-corrected chi connectivity index (χ4v) is 1.23. The Morgan fingerprint density at radius 3 is 2.62 bits per heavy atom. The van der Waals surface area contributed by atoms with Crippen LogP contribution in [0.2, 0.25) is 0 Å². The lowest BCUT2D eigenvalue weighted by Gasteiger charge is -2.09. The summed E-state index contributed by atoms with van der Waals surface area (Å²) < 4.78 is 5.49. The van der Waals surface area contributed by atoms with E-state index in [1.54, 1.807) is 6.08 Å². The number of ether oxygens (including phenoxy) is 1. The molecule has 0 saturated carbocycles. The van der Waals surface area contributed by atoms with E-state index < -0.39 is 0 Å². The first-order valence-electron chi connectivity index (χ1n) is 5.13. The smallest absolute Gasteiger partial charge is 0.157 e. The number of allylic oxidation sites excluding steroid dienone is 3. The highest BCUT2D eigenvalue weighted by Crippen LogP contribution is 2.12. The van der Waals surface area contributed by atoms with Gasteiger partial charge in [-0.15, -0.1) is 0 Å². The first-order valence-corrected chi connectivity index (χ1v) is 5.13. The summed E-state index contributed by atoms with van der Waals surface area (Å²) >= 11 is 0. The molecule has 0 bridgehead atoms. The third-order valence-electron chi connectivity index (χ3n) is 2.03. The summed E-state index contributed by atoms with van der Waals surface area (Å²) in [6.07, 6.45) is 4.74. The average molecular weight is 216 g/mol. The van der Waals surface area contributed by atoms with Crippen LogP contribution in [0.15, 0.2) is 66.7 Å². The predicted octanol–water partition coefficient (Wildman–Crippen LogP) is 3.73. The molecule has 0 atom stereocenters. The number of rotatable bonds is 5. The van der Waals surface area contributed by atoms with Gasteiger partial charge in [-0.2, -0.15) is 0 Å². The van der Waals surface area contributed by atoms with Crippen LogP contribution < -0.4 is 0 Å². The molecule has 0 spiro atoms. The highest BCUT2D eigenvalue weighted by molar-refractivity contribution is 5.22. The van der Waals surface area contributed by atoms with Gasteiger partial charge in [0.05, 0.1) is 0 Å². The van der Waals surface area contributed by atoms with Crippen LogP contribution in [0.4, 0.5) is 0 Å². The van der Waals surface area contributed by atoms with Crippen LogP contribution in [0.1, 0.15) is 12.5 Å². The van der Waals surface area contributed by atoms with Crippen LogP contribution in [0.25, 0.3) is 0 Å². The van der Waals surface area contributed by atoms with Crippen molar-refractivity contribution in [2.45, 2.75) is 13.5 Å². The second kappa shape index (κ2) is 6.51. The first-order chi connectivity index (χ1) is 7.77. The minimum absolute atomic E-state index is 0.0911. The van der Waals surface area contributed by atoms with Gasteiger partial charge in [0, 0.05) is 0 Å². The highest BCUT2D eigenvalue weighted by atomic mass is 16.5. The minimum Gasteiger partial charge on any atom is -0.504 e. The summed E-state index contributed by atoms with van der Waals surface area (Å²) in [7, 11) is 0. The molecule has 0 heterocycles. The van der Waals surface area contributed by atoms with Crippen molar-refractivity contribution in [3.05, 3.63) is 72.2 Å². The number of hydrogen-bond donors (Lipinski definition) is 1. The predicted molar refractivity (Wildman–Crippen MR) is 65.9 cm³/mol. The lowest BCUT2D eigenvalue weighted by molar-refractivity contribution is 0.181. The van der Waals surface area contributed by atoms with E-state index in [9.17, 15) is 5.11 Å².